The molecule has 5 rings (SSSR count). The second-order valence-electron chi connectivity index (χ2n) is 9.69. The minimum atomic E-state index is -4.47. The second kappa shape index (κ2) is 9.80. The minimum absolute atomic E-state index is 0.0391. The number of sulfone groups is 1. The third-order valence-electron chi connectivity index (χ3n) is 6.65. The summed E-state index contributed by atoms with van der Waals surface area (Å²) in [6, 6.07) is 7.77. The molecule has 2 aliphatic rings. The van der Waals surface area contributed by atoms with E-state index in [0.717, 1.165) is 17.4 Å². The number of carbonyl (C=O) groups excluding carboxylic acids is 2. The van der Waals surface area contributed by atoms with Gasteiger partial charge in [0.1, 0.15) is 22.8 Å². The van der Waals surface area contributed by atoms with Gasteiger partial charge < -0.3 is 20.1 Å². The molecule has 2 amide bonds. The smallest absolute Gasteiger partial charge is 0.422 e. The Labute approximate surface area is 226 Å². The lowest BCUT2D eigenvalue weighted by molar-refractivity contribution is -0.153. The monoisotopic (exact) mass is 579 g/mol. The van der Waals surface area contributed by atoms with Crippen molar-refractivity contribution in [2.75, 3.05) is 31.0 Å². The van der Waals surface area contributed by atoms with E-state index in [2.05, 4.69) is 20.7 Å². The molecule has 0 saturated heterocycles. The summed E-state index contributed by atoms with van der Waals surface area (Å²) in [5.74, 6) is -1.48. The van der Waals surface area contributed by atoms with Gasteiger partial charge in [-0.1, -0.05) is 6.07 Å². The molecule has 1 aromatic carbocycles. The maximum atomic E-state index is 13.5. The second-order valence-corrected chi connectivity index (χ2v) is 11.8. The van der Waals surface area contributed by atoms with Crippen LogP contribution in [0.3, 0.4) is 0 Å². The van der Waals surface area contributed by atoms with Crippen molar-refractivity contribution in [3.8, 4) is 17.3 Å². The molecule has 2 aromatic heterocycles. The summed E-state index contributed by atoms with van der Waals surface area (Å²) in [6.07, 6.45) is -0.988. The number of hydrogen-bond donors (Lipinski definition) is 2. The predicted molar refractivity (Wildman–Crippen MR) is 135 cm³/mol. The standard InChI is InChI=1S/C25H24F3N5O6S/c1-38-16-4-6-19(29-11-16)33-22(30-20(34)12-40(2,36)37)21-18(32-33)10-24(31-23(21)35)8-7-14-9-15(3-5-17(14)24)39-13-25(26,27)28/h3-6,9,11H,7-8,10,12-13H2,1-2H3,(H,30,34)(H,31,35)/t24-/m0/s1. The van der Waals surface area contributed by atoms with Gasteiger partial charge in [0.15, 0.2) is 28.1 Å². The van der Waals surface area contributed by atoms with Gasteiger partial charge in [-0.05, 0) is 48.2 Å². The van der Waals surface area contributed by atoms with Crippen molar-refractivity contribution >= 4 is 27.5 Å². The van der Waals surface area contributed by atoms with Crippen LogP contribution >= 0.6 is 0 Å². The van der Waals surface area contributed by atoms with Gasteiger partial charge in [-0.15, -0.1) is 0 Å². The van der Waals surface area contributed by atoms with Gasteiger partial charge >= 0.3 is 6.18 Å². The molecular weight excluding hydrogens is 555 g/mol. The Morgan fingerprint density at radius 3 is 2.62 bits per heavy atom. The highest BCUT2D eigenvalue weighted by Crippen LogP contribution is 2.44. The number of nitrogens with one attached hydrogen (secondary N) is 2. The predicted octanol–water partition coefficient (Wildman–Crippen LogP) is 2.33. The molecule has 0 fully saturated rings. The topological polar surface area (TPSA) is 142 Å². The van der Waals surface area contributed by atoms with Crippen LogP contribution in [0.2, 0.25) is 0 Å². The Hall–Kier alpha value is -4.14. The Morgan fingerprint density at radius 2 is 1.98 bits per heavy atom. The van der Waals surface area contributed by atoms with Crippen molar-refractivity contribution in [2.24, 2.45) is 0 Å². The van der Waals surface area contributed by atoms with Gasteiger partial charge in [0, 0.05) is 12.7 Å². The molecule has 212 valence electrons. The molecule has 0 saturated carbocycles. The van der Waals surface area contributed by atoms with Crippen LogP contribution in [0, 0.1) is 0 Å². The van der Waals surface area contributed by atoms with Gasteiger partial charge in [0.2, 0.25) is 5.91 Å². The Balaban J connectivity index is 1.52. The summed E-state index contributed by atoms with van der Waals surface area (Å²) in [7, 11) is -2.20. The van der Waals surface area contributed by atoms with Crippen molar-refractivity contribution in [2.45, 2.75) is 31.0 Å². The molecule has 1 aliphatic carbocycles. The number of pyridine rings is 1. The normalized spacial score (nSPS) is 18.2. The molecule has 0 radical (unpaired) electrons. The van der Waals surface area contributed by atoms with Gasteiger partial charge in [-0.25, -0.2) is 13.4 Å². The van der Waals surface area contributed by atoms with Crippen molar-refractivity contribution in [1.29, 1.82) is 0 Å². The lowest BCUT2D eigenvalue weighted by Gasteiger charge is -2.35. The summed E-state index contributed by atoms with van der Waals surface area (Å²) >= 11 is 0. The summed E-state index contributed by atoms with van der Waals surface area (Å²) in [5, 5.41) is 10.1. The van der Waals surface area contributed by atoms with E-state index in [0.29, 0.717) is 24.3 Å². The average molecular weight is 580 g/mol. The molecule has 1 aliphatic heterocycles. The highest BCUT2D eigenvalue weighted by molar-refractivity contribution is 7.91. The van der Waals surface area contributed by atoms with E-state index < -0.39 is 45.7 Å². The summed E-state index contributed by atoms with van der Waals surface area (Å²) < 4.78 is 72.4. The van der Waals surface area contributed by atoms with E-state index in [4.69, 9.17) is 9.47 Å². The van der Waals surface area contributed by atoms with Crippen molar-refractivity contribution < 1.29 is 40.7 Å². The first-order valence-electron chi connectivity index (χ1n) is 12.0. The largest absolute Gasteiger partial charge is 0.495 e. The molecule has 1 spiro atoms. The zero-order valence-corrected chi connectivity index (χ0v) is 22.1. The van der Waals surface area contributed by atoms with Crippen LogP contribution in [0.4, 0.5) is 19.0 Å². The van der Waals surface area contributed by atoms with Crippen LogP contribution in [0.15, 0.2) is 36.5 Å². The highest BCUT2D eigenvalue weighted by atomic mass is 32.2. The number of alkyl halides is 3. The van der Waals surface area contributed by atoms with Gasteiger partial charge in [-0.2, -0.15) is 23.0 Å². The molecular formula is C25H24F3N5O6S. The first-order valence-corrected chi connectivity index (χ1v) is 14.1. The highest BCUT2D eigenvalue weighted by Gasteiger charge is 2.47. The van der Waals surface area contributed by atoms with Gasteiger partial charge in [0.05, 0.1) is 24.5 Å². The molecule has 0 unspecified atom stereocenters. The summed E-state index contributed by atoms with van der Waals surface area (Å²) in [5.41, 5.74) is 0.972. The average Bonchev–Trinajstić information content (AvgIpc) is 3.39. The van der Waals surface area contributed by atoms with Crippen LogP contribution in [-0.2, 0) is 33.0 Å². The number of nitrogens with zero attached hydrogens (tertiary/aromatic N) is 3. The van der Waals surface area contributed by atoms with Crippen LogP contribution in [-0.4, -0.2) is 66.9 Å². The molecule has 3 heterocycles. The van der Waals surface area contributed by atoms with Crippen LogP contribution in [0.1, 0.15) is 33.6 Å². The van der Waals surface area contributed by atoms with Crippen LogP contribution in [0.5, 0.6) is 11.5 Å². The van der Waals surface area contributed by atoms with E-state index in [1.165, 1.54) is 30.1 Å². The molecule has 11 nitrogen and oxygen atoms in total. The zero-order chi connectivity index (χ0) is 28.9. The Morgan fingerprint density at radius 1 is 1.23 bits per heavy atom. The first kappa shape index (κ1) is 27.4. The summed E-state index contributed by atoms with van der Waals surface area (Å²) in [6.45, 7) is -1.41. The van der Waals surface area contributed by atoms with Crippen molar-refractivity contribution in [1.82, 2.24) is 20.1 Å². The lowest BCUT2D eigenvalue weighted by atomic mass is 9.82. The van der Waals surface area contributed by atoms with Gasteiger partial charge in [0.25, 0.3) is 5.91 Å². The number of carbonyl (C=O) groups is 2. The van der Waals surface area contributed by atoms with E-state index in [9.17, 15) is 31.2 Å². The molecule has 2 N–H and O–H groups in total. The van der Waals surface area contributed by atoms with Crippen molar-refractivity contribution in [3.05, 3.63) is 58.9 Å². The maximum Gasteiger partial charge on any atom is 0.422 e. The zero-order valence-electron chi connectivity index (χ0n) is 21.3. The van der Waals surface area contributed by atoms with E-state index in [-0.39, 0.29) is 29.4 Å². The first-order chi connectivity index (χ1) is 18.8. The number of halogens is 3. The molecule has 15 heteroatoms. The number of aryl methyl sites for hydroxylation is 1. The Bertz CT molecular complexity index is 1600. The Kier molecular flexibility index (Phi) is 6.72. The van der Waals surface area contributed by atoms with Gasteiger partial charge in [-0.3, -0.25) is 9.59 Å². The van der Waals surface area contributed by atoms with E-state index in [1.807, 2.05) is 0 Å². The molecule has 40 heavy (non-hydrogen) atoms. The molecule has 3 aromatic rings. The molecule has 1 atom stereocenters. The fourth-order valence-corrected chi connectivity index (χ4v) is 5.58. The summed E-state index contributed by atoms with van der Waals surface area (Å²) in [4.78, 5) is 30.4. The number of rotatable bonds is 7. The number of hydrogen-bond acceptors (Lipinski definition) is 8. The number of benzene rings is 1. The third kappa shape index (κ3) is 5.46. The number of methoxy groups -OCH3 is 1. The van der Waals surface area contributed by atoms with E-state index in [1.54, 1.807) is 18.2 Å². The number of fused-ring (bicyclic) bond motifs is 3. The van der Waals surface area contributed by atoms with Crippen LogP contribution < -0.4 is 20.1 Å². The quantitative estimate of drug-likeness (QED) is 0.435. The SMILES string of the molecule is COc1ccc(-n2nc3c(c2NC(=O)CS(C)(=O)=O)C(=O)N[C@@]2(CCc4cc(OCC(F)(F)F)ccc42)C3)nc1. The third-order valence-corrected chi connectivity index (χ3v) is 7.43. The lowest BCUT2D eigenvalue weighted by Crippen LogP contribution is -2.49. The maximum absolute atomic E-state index is 13.5. The number of amides is 2. The fraction of sp³-hybridized carbons (Fsp3) is 0.360. The number of ether oxygens (including phenoxy) is 2. The minimum Gasteiger partial charge on any atom is -0.495 e. The number of aromatic nitrogens is 3. The number of anilines is 1. The van der Waals surface area contributed by atoms with Crippen molar-refractivity contribution in [3.63, 3.8) is 0 Å². The van der Waals surface area contributed by atoms with Crippen LogP contribution in [0.25, 0.3) is 5.82 Å². The van der Waals surface area contributed by atoms with E-state index >= 15 is 0 Å². The molecule has 0 bridgehead atoms. The fourth-order valence-electron chi connectivity index (χ4n) is 5.04.